The van der Waals surface area contributed by atoms with Gasteiger partial charge in [0.25, 0.3) is 11.8 Å². The summed E-state index contributed by atoms with van der Waals surface area (Å²) in [5, 5.41) is 6.07. The number of anilines is 2. The molecule has 0 aliphatic heterocycles. The van der Waals surface area contributed by atoms with E-state index in [4.69, 9.17) is 9.47 Å². The van der Waals surface area contributed by atoms with Crippen LogP contribution in [0.4, 0.5) is 11.4 Å². The molecule has 0 saturated carbocycles. The first kappa shape index (κ1) is 30.4. The SMILES string of the molecule is Cc1cc(-c2ccc(NC(=O)c3ccccc3OCC(C)C)c(C)c2)ccc1NC(=O)c1ccccc1OCC(C)C. The molecule has 42 heavy (non-hydrogen) atoms. The first-order chi connectivity index (χ1) is 20.1. The third-order valence-electron chi connectivity index (χ3n) is 6.69. The van der Waals surface area contributed by atoms with Crippen LogP contribution in [0.3, 0.4) is 0 Å². The standard InChI is InChI=1S/C36H40N2O4/c1-23(2)21-41-33-13-9-7-11-29(33)35(39)37-31-17-15-27(19-25(31)5)28-16-18-32(26(6)20-28)38-36(40)30-12-8-10-14-34(30)42-22-24(3)4/h7-20,23-24H,21-22H2,1-6H3,(H,37,39)(H,38,40). The first-order valence-corrected chi connectivity index (χ1v) is 14.4. The molecular weight excluding hydrogens is 524 g/mol. The van der Waals surface area contributed by atoms with Crippen LogP contribution in [0.5, 0.6) is 11.5 Å². The highest BCUT2D eigenvalue weighted by molar-refractivity contribution is 6.07. The van der Waals surface area contributed by atoms with Crippen LogP contribution in [-0.2, 0) is 0 Å². The van der Waals surface area contributed by atoms with Crippen molar-refractivity contribution in [3.63, 3.8) is 0 Å². The van der Waals surface area contributed by atoms with Crippen molar-refractivity contribution in [3.8, 4) is 22.6 Å². The predicted molar refractivity (Wildman–Crippen MR) is 171 cm³/mol. The Hall–Kier alpha value is -4.58. The van der Waals surface area contributed by atoms with E-state index in [1.165, 1.54) is 0 Å². The number of amides is 2. The van der Waals surface area contributed by atoms with Gasteiger partial charge in [-0.15, -0.1) is 0 Å². The molecule has 2 amide bonds. The van der Waals surface area contributed by atoms with E-state index in [1.54, 1.807) is 12.1 Å². The maximum Gasteiger partial charge on any atom is 0.259 e. The molecule has 0 aliphatic carbocycles. The minimum absolute atomic E-state index is 0.211. The molecule has 218 valence electrons. The number of hydrogen-bond donors (Lipinski definition) is 2. The van der Waals surface area contributed by atoms with Crippen molar-refractivity contribution in [1.29, 1.82) is 0 Å². The molecule has 4 aromatic carbocycles. The van der Waals surface area contributed by atoms with E-state index in [1.807, 2.05) is 86.6 Å². The topological polar surface area (TPSA) is 76.7 Å². The smallest absolute Gasteiger partial charge is 0.259 e. The number of hydrogen-bond acceptors (Lipinski definition) is 4. The Labute approximate surface area is 249 Å². The van der Waals surface area contributed by atoms with Gasteiger partial charge in [0.2, 0.25) is 0 Å². The highest BCUT2D eigenvalue weighted by Crippen LogP contribution is 2.30. The predicted octanol–water partition coefficient (Wildman–Crippen LogP) is 8.54. The molecule has 0 heterocycles. The van der Waals surface area contributed by atoms with Gasteiger partial charge in [-0.3, -0.25) is 9.59 Å². The summed E-state index contributed by atoms with van der Waals surface area (Å²) in [5.74, 6) is 1.44. The van der Waals surface area contributed by atoms with Crippen LogP contribution >= 0.6 is 0 Å². The molecule has 6 nitrogen and oxygen atoms in total. The monoisotopic (exact) mass is 564 g/mol. The van der Waals surface area contributed by atoms with E-state index in [2.05, 4.69) is 38.3 Å². The molecule has 0 unspecified atom stereocenters. The van der Waals surface area contributed by atoms with Crippen LogP contribution in [0.25, 0.3) is 11.1 Å². The van der Waals surface area contributed by atoms with Crippen molar-refractivity contribution in [3.05, 3.63) is 107 Å². The summed E-state index contributed by atoms with van der Waals surface area (Å²) in [4.78, 5) is 26.2. The Balaban J connectivity index is 1.47. The van der Waals surface area contributed by atoms with E-state index >= 15 is 0 Å². The lowest BCUT2D eigenvalue weighted by molar-refractivity contribution is 0.101. The van der Waals surface area contributed by atoms with Gasteiger partial charge >= 0.3 is 0 Å². The molecule has 0 fully saturated rings. The van der Waals surface area contributed by atoms with Crippen molar-refractivity contribution >= 4 is 23.2 Å². The summed E-state index contributed by atoms with van der Waals surface area (Å²) in [5.41, 5.74) is 6.39. The second-order valence-corrected chi connectivity index (χ2v) is 11.4. The zero-order valence-corrected chi connectivity index (χ0v) is 25.3. The first-order valence-electron chi connectivity index (χ1n) is 14.4. The lowest BCUT2D eigenvalue weighted by atomic mass is 9.99. The Morgan fingerprint density at radius 2 is 0.976 bits per heavy atom. The molecule has 0 saturated heterocycles. The van der Waals surface area contributed by atoms with Crippen LogP contribution in [0.2, 0.25) is 0 Å². The van der Waals surface area contributed by atoms with E-state index in [0.717, 1.165) is 33.6 Å². The maximum absolute atomic E-state index is 13.1. The van der Waals surface area contributed by atoms with Crippen LogP contribution in [0, 0.1) is 25.7 Å². The fraction of sp³-hybridized carbons (Fsp3) is 0.278. The molecule has 4 rings (SSSR count). The summed E-state index contributed by atoms with van der Waals surface area (Å²) in [6.45, 7) is 13.3. The zero-order chi connectivity index (χ0) is 30.2. The van der Waals surface area contributed by atoms with Gasteiger partial charge in [-0.05, 0) is 96.5 Å². The lowest BCUT2D eigenvalue weighted by Crippen LogP contribution is -2.15. The minimum Gasteiger partial charge on any atom is -0.492 e. The van der Waals surface area contributed by atoms with Gasteiger partial charge < -0.3 is 20.1 Å². The zero-order valence-electron chi connectivity index (χ0n) is 25.3. The van der Waals surface area contributed by atoms with Gasteiger partial charge in [0.1, 0.15) is 11.5 Å². The van der Waals surface area contributed by atoms with E-state index in [-0.39, 0.29) is 11.8 Å². The molecule has 0 bridgehead atoms. The highest BCUT2D eigenvalue weighted by Gasteiger charge is 2.16. The molecule has 0 atom stereocenters. The molecule has 0 spiro atoms. The third kappa shape index (κ3) is 7.78. The van der Waals surface area contributed by atoms with Crippen LogP contribution in [0.15, 0.2) is 84.9 Å². The van der Waals surface area contributed by atoms with Crippen molar-refractivity contribution in [2.24, 2.45) is 11.8 Å². The van der Waals surface area contributed by atoms with Crippen LogP contribution in [0.1, 0.15) is 59.5 Å². The number of carbonyl (C=O) groups is 2. The number of aryl methyl sites for hydroxylation is 2. The lowest BCUT2D eigenvalue weighted by Gasteiger charge is -2.15. The van der Waals surface area contributed by atoms with Gasteiger partial charge in [0, 0.05) is 11.4 Å². The fourth-order valence-corrected chi connectivity index (χ4v) is 4.42. The summed E-state index contributed by atoms with van der Waals surface area (Å²) in [6, 6.07) is 26.5. The normalized spacial score (nSPS) is 11.0. The minimum atomic E-state index is -0.211. The Morgan fingerprint density at radius 3 is 1.33 bits per heavy atom. The molecule has 0 aliphatic rings. The molecule has 6 heteroatoms. The average molecular weight is 565 g/mol. The summed E-state index contributed by atoms with van der Waals surface area (Å²) in [6.07, 6.45) is 0. The van der Waals surface area contributed by atoms with Crippen molar-refractivity contribution in [1.82, 2.24) is 0 Å². The Bertz CT molecular complexity index is 1440. The van der Waals surface area contributed by atoms with E-state index < -0.39 is 0 Å². The van der Waals surface area contributed by atoms with Gasteiger partial charge in [0.05, 0.1) is 24.3 Å². The number of benzene rings is 4. The van der Waals surface area contributed by atoms with Gasteiger partial charge in [-0.1, -0.05) is 64.1 Å². The van der Waals surface area contributed by atoms with Crippen LogP contribution < -0.4 is 20.1 Å². The fourth-order valence-electron chi connectivity index (χ4n) is 4.42. The maximum atomic E-state index is 13.1. The van der Waals surface area contributed by atoms with Crippen LogP contribution in [-0.4, -0.2) is 25.0 Å². The Morgan fingerprint density at radius 1 is 0.595 bits per heavy atom. The van der Waals surface area contributed by atoms with Crippen molar-refractivity contribution in [2.75, 3.05) is 23.8 Å². The summed E-state index contributed by atoms with van der Waals surface area (Å²) >= 11 is 0. The Kier molecular flexibility index (Phi) is 10.0. The summed E-state index contributed by atoms with van der Waals surface area (Å²) < 4.78 is 11.7. The van der Waals surface area contributed by atoms with Gasteiger partial charge in [0.15, 0.2) is 0 Å². The number of rotatable bonds is 11. The highest BCUT2D eigenvalue weighted by atomic mass is 16.5. The van der Waals surface area contributed by atoms with E-state index in [9.17, 15) is 9.59 Å². The third-order valence-corrected chi connectivity index (χ3v) is 6.69. The molecule has 0 radical (unpaired) electrons. The summed E-state index contributed by atoms with van der Waals surface area (Å²) in [7, 11) is 0. The number of nitrogens with one attached hydrogen (secondary N) is 2. The second-order valence-electron chi connectivity index (χ2n) is 11.4. The molecule has 0 aromatic heterocycles. The van der Waals surface area contributed by atoms with Crippen molar-refractivity contribution < 1.29 is 19.1 Å². The van der Waals surface area contributed by atoms with Crippen molar-refractivity contribution in [2.45, 2.75) is 41.5 Å². The second kappa shape index (κ2) is 13.9. The number of carbonyl (C=O) groups excluding carboxylic acids is 2. The number of para-hydroxylation sites is 2. The largest absolute Gasteiger partial charge is 0.492 e. The van der Waals surface area contributed by atoms with Gasteiger partial charge in [-0.25, -0.2) is 0 Å². The van der Waals surface area contributed by atoms with E-state index in [0.29, 0.717) is 47.7 Å². The number of ether oxygens (including phenoxy) is 2. The molecule has 4 aromatic rings. The van der Waals surface area contributed by atoms with Gasteiger partial charge in [-0.2, -0.15) is 0 Å². The quantitative estimate of drug-likeness (QED) is 0.191. The average Bonchev–Trinajstić information content (AvgIpc) is 2.97. The molecule has 2 N–H and O–H groups in total. The molecular formula is C36H40N2O4.